The Morgan fingerprint density at radius 1 is 1.23 bits per heavy atom. The molecule has 0 saturated carbocycles. The van der Waals surface area contributed by atoms with Crippen LogP contribution < -0.4 is 14.8 Å². The number of thioether (sulfide) groups is 1. The highest BCUT2D eigenvalue weighted by Gasteiger charge is 2.30. The van der Waals surface area contributed by atoms with Gasteiger partial charge in [-0.3, -0.25) is 14.9 Å². The van der Waals surface area contributed by atoms with Crippen LogP contribution in [0.25, 0.3) is 11.7 Å². The molecule has 1 atom stereocenters. The Bertz CT molecular complexity index is 1080. The maximum Gasteiger partial charge on any atom is 0.286 e. The summed E-state index contributed by atoms with van der Waals surface area (Å²) in [7, 11) is 1.59. The molecule has 1 saturated heterocycles. The molecule has 1 aliphatic heterocycles. The minimum absolute atomic E-state index is 0.199. The number of hydrogen-bond acceptors (Lipinski definition) is 8. The molecular formula is C22H22N2O6S. The number of rotatable bonds is 9. The van der Waals surface area contributed by atoms with E-state index in [9.17, 15) is 9.59 Å². The van der Waals surface area contributed by atoms with Crippen LogP contribution in [-0.4, -0.2) is 28.5 Å². The number of ether oxygens (including phenoxy) is 2. The van der Waals surface area contributed by atoms with Gasteiger partial charge in [-0.1, -0.05) is 17.8 Å². The van der Waals surface area contributed by atoms with Crippen molar-refractivity contribution in [2.75, 3.05) is 7.11 Å². The standard InChI is InChI=1S/C22H22N2O6S/c1-13-15(23-21(30-13)17-6-4-10-28-17)12-29-16-9-8-14(11-18(16)27-2)5-3-7-19-20(25)24-22(26)31-19/h4,6,8-11,19H,3,5,7,12H2,1-2H3,(H,24,25,26). The fourth-order valence-electron chi connectivity index (χ4n) is 3.28. The van der Waals surface area contributed by atoms with E-state index in [-0.39, 0.29) is 23.0 Å². The molecule has 9 heteroatoms. The molecule has 1 unspecified atom stereocenters. The van der Waals surface area contributed by atoms with E-state index in [0.29, 0.717) is 41.0 Å². The summed E-state index contributed by atoms with van der Waals surface area (Å²) in [5.41, 5.74) is 1.75. The zero-order valence-corrected chi connectivity index (χ0v) is 18.0. The van der Waals surface area contributed by atoms with E-state index < -0.39 is 0 Å². The summed E-state index contributed by atoms with van der Waals surface area (Å²) in [6.45, 7) is 2.06. The van der Waals surface area contributed by atoms with Gasteiger partial charge in [0.05, 0.1) is 18.6 Å². The predicted molar refractivity (Wildman–Crippen MR) is 114 cm³/mol. The molecule has 0 spiro atoms. The molecular weight excluding hydrogens is 420 g/mol. The third-order valence-corrected chi connectivity index (χ3v) is 5.97. The monoisotopic (exact) mass is 442 g/mol. The lowest BCUT2D eigenvalue weighted by molar-refractivity contribution is -0.119. The predicted octanol–water partition coefficient (Wildman–Crippen LogP) is 4.50. The number of aryl methyl sites for hydroxylation is 2. The molecule has 1 N–H and O–H groups in total. The Balaban J connectivity index is 1.35. The Hall–Kier alpha value is -3.20. The van der Waals surface area contributed by atoms with Gasteiger partial charge in [-0.25, -0.2) is 4.98 Å². The van der Waals surface area contributed by atoms with Gasteiger partial charge in [-0.15, -0.1) is 0 Å². The van der Waals surface area contributed by atoms with Crippen molar-refractivity contribution < 1.29 is 27.9 Å². The van der Waals surface area contributed by atoms with E-state index in [1.54, 1.807) is 25.5 Å². The van der Waals surface area contributed by atoms with Gasteiger partial charge in [0.1, 0.15) is 18.1 Å². The van der Waals surface area contributed by atoms with Gasteiger partial charge in [0.15, 0.2) is 17.3 Å². The van der Waals surface area contributed by atoms with Crippen molar-refractivity contribution in [3.8, 4) is 23.1 Å². The first-order valence-electron chi connectivity index (χ1n) is 9.85. The molecule has 3 heterocycles. The highest BCUT2D eigenvalue weighted by molar-refractivity contribution is 8.15. The van der Waals surface area contributed by atoms with Gasteiger partial charge in [0.25, 0.3) is 11.1 Å². The molecule has 31 heavy (non-hydrogen) atoms. The summed E-state index contributed by atoms with van der Waals surface area (Å²) in [6.07, 6.45) is 3.77. The quantitative estimate of drug-likeness (QED) is 0.516. The van der Waals surface area contributed by atoms with Crippen molar-refractivity contribution >= 4 is 22.9 Å². The average molecular weight is 442 g/mol. The van der Waals surface area contributed by atoms with Gasteiger partial charge in [0.2, 0.25) is 5.91 Å². The van der Waals surface area contributed by atoms with Crippen LogP contribution in [0.15, 0.2) is 45.4 Å². The number of carbonyl (C=O) groups excluding carboxylic acids is 2. The minimum Gasteiger partial charge on any atom is -0.493 e. The molecule has 2 aromatic heterocycles. The van der Waals surface area contributed by atoms with Crippen LogP contribution in [0.2, 0.25) is 0 Å². The van der Waals surface area contributed by atoms with Crippen molar-refractivity contribution in [2.24, 2.45) is 0 Å². The number of hydrogen-bond donors (Lipinski definition) is 1. The Kier molecular flexibility index (Phi) is 6.31. The Labute approximate surface area is 183 Å². The first kappa shape index (κ1) is 21.0. The second-order valence-corrected chi connectivity index (χ2v) is 8.22. The number of carbonyl (C=O) groups is 2. The second-order valence-electron chi connectivity index (χ2n) is 7.05. The van der Waals surface area contributed by atoms with Gasteiger partial charge in [-0.2, -0.15) is 0 Å². The molecule has 3 aromatic rings. The number of oxazole rings is 1. The fourth-order valence-corrected chi connectivity index (χ4v) is 4.14. The molecule has 1 fully saturated rings. The van der Waals surface area contributed by atoms with Crippen LogP contribution >= 0.6 is 11.8 Å². The number of furan rings is 1. The summed E-state index contributed by atoms with van der Waals surface area (Å²) in [6, 6.07) is 9.31. The summed E-state index contributed by atoms with van der Waals surface area (Å²) >= 11 is 1.06. The SMILES string of the molecule is COc1cc(CCCC2SC(=O)NC2=O)ccc1OCc1nc(-c2ccco2)oc1C. The maximum absolute atomic E-state index is 11.6. The smallest absolute Gasteiger partial charge is 0.286 e. The molecule has 4 rings (SSSR count). The van der Waals surface area contributed by atoms with Crippen molar-refractivity contribution in [3.63, 3.8) is 0 Å². The van der Waals surface area contributed by atoms with E-state index in [1.165, 1.54) is 0 Å². The van der Waals surface area contributed by atoms with Crippen LogP contribution in [0.5, 0.6) is 11.5 Å². The van der Waals surface area contributed by atoms with Crippen molar-refractivity contribution in [3.05, 3.63) is 53.6 Å². The number of aromatic nitrogens is 1. The minimum atomic E-state index is -0.297. The van der Waals surface area contributed by atoms with Crippen molar-refractivity contribution in [1.82, 2.24) is 10.3 Å². The van der Waals surface area contributed by atoms with E-state index in [4.69, 9.17) is 18.3 Å². The third kappa shape index (κ3) is 4.93. The number of amides is 2. The Morgan fingerprint density at radius 2 is 2.10 bits per heavy atom. The highest BCUT2D eigenvalue weighted by Crippen LogP contribution is 2.31. The van der Waals surface area contributed by atoms with E-state index >= 15 is 0 Å². The van der Waals surface area contributed by atoms with E-state index in [0.717, 1.165) is 30.2 Å². The van der Waals surface area contributed by atoms with Crippen LogP contribution in [0, 0.1) is 6.92 Å². The normalized spacial score (nSPS) is 15.9. The van der Waals surface area contributed by atoms with Gasteiger partial charge in [0, 0.05) is 0 Å². The lowest BCUT2D eigenvalue weighted by atomic mass is 10.1. The molecule has 2 amide bonds. The van der Waals surface area contributed by atoms with Gasteiger partial charge in [-0.05, 0) is 56.0 Å². The first-order chi connectivity index (χ1) is 15.0. The van der Waals surface area contributed by atoms with Crippen LogP contribution in [0.4, 0.5) is 4.79 Å². The lowest BCUT2D eigenvalue weighted by Gasteiger charge is -2.12. The summed E-state index contributed by atoms with van der Waals surface area (Å²) in [5, 5.41) is 1.75. The Morgan fingerprint density at radius 3 is 2.81 bits per heavy atom. The fraction of sp³-hybridized carbons (Fsp3) is 0.318. The van der Waals surface area contributed by atoms with Crippen LogP contribution in [-0.2, 0) is 17.8 Å². The molecule has 0 bridgehead atoms. The number of imide groups is 1. The van der Waals surface area contributed by atoms with Gasteiger partial charge < -0.3 is 18.3 Å². The molecule has 8 nitrogen and oxygen atoms in total. The molecule has 1 aromatic carbocycles. The summed E-state index contributed by atoms with van der Waals surface area (Å²) in [5.74, 6) is 2.66. The lowest BCUT2D eigenvalue weighted by Crippen LogP contribution is -2.24. The zero-order chi connectivity index (χ0) is 21.8. The second kappa shape index (κ2) is 9.30. The van der Waals surface area contributed by atoms with E-state index in [1.807, 2.05) is 25.1 Å². The van der Waals surface area contributed by atoms with Gasteiger partial charge >= 0.3 is 0 Å². The first-order valence-corrected chi connectivity index (χ1v) is 10.7. The molecule has 162 valence electrons. The highest BCUT2D eigenvalue weighted by atomic mass is 32.2. The maximum atomic E-state index is 11.6. The largest absolute Gasteiger partial charge is 0.493 e. The molecule has 1 aliphatic rings. The van der Waals surface area contributed by atoms with Crippen molar-refractivity contribution in [2.45, 2.75) is 38.0 Å². The molecule has 0 radical (unpaired) electrons. The average Bonchev–Trinajstić information content (AvgIpc) is 3.48. The topological polar surface area (TPSA) is 104 Å². The van der Waals surface area contributed by atoms with Crippen LogP contribution in [0.3, 0.4) is 0 Å². The summed E-state index contributed by atoms with van der Waals surface area (Å²) in [4.78, 5) is 27.3. The molecule has 0 aliphatic carbocycles. The number of methoxy groups -OCH3 is 1. The van der Waals surface area contributed by atoms with Crippen LogP contribution in [0.1, 0.15) is 29.9 Å². The third-order valence-electron chi connectivity index (χ3n) is 4.92. The number of nitrogens with zero attached hydrogens (tertiary/aromatic N) is 1. The summed E-state index contributed by atoms with van der Waals surface area (Å²) < 4.78 is 22.4. The zero-order valence-electron chi connectivity index (χ0n) is 17.2. The number of nitrogens with one attached hydrogen (secondary N) is 1. The number of benzene rings is 1. The van der Waals surface area contributed by atoms with Crippen molar-refractivity contribution in [1.29, 1.82) is 0 Å². The van der Waals surface area contributed by atoms with E-state index in [2.05, 4.69) is 10.3 Å².